The molecule has 0 aromatic rings. The van der Waals surface area contributed by atoms with Gasteiger partial charge in [0.1, 0.15) is 0 Å². The van der Waals surface area contributed by atoms with Crippen LogP contribution in [0.15, 0.2) is 0 Å². The predicted molar refractivity (Wildman–Crippen MR) is 73.5 cm³/mol. The highest BCUT2D eigenvalue weighted by atomic mass is 16.1. The molecule has 104 valence electrons. The van der Waals surface area contributed by atoms with E-state index in [-0.39, 0.29) is 5.91 Å². The first kappa shape index (κ1) is 13.8. The number of rotatable bonds is 4. The highest BCUT2D eigenvalue weighted by Crippen LogP contribution is 2.18. The Bertz CT molecular complexity index is 256. The molecule has 2 aliphatic rings. The first-order chi connectivity index (χ1) is 8.74. The first-order valence-corrected chi connectivity index (χ1v) is 7.44. The summed E-state index contributed by atoms with van der Waals surface area (Å²) in [5.41, 5.74) is 0. The molecule has 4 heteroatoms. The van der Waals surface area contributed by atoms with Gasteiger partial charge < -0.3 is 15.5 Å². The fourth-order valence-electron chi connectivity index (χ4n) is 3.12. The van der Waals surface area contributed by atoms with E-state index in [1.165, 1.54) is 38.9 Å². The van der Waals surface area contributed by atoms with Gasteiger partial charge in [-0.25, -0.2) is 0 Å². The summed E-state index contributed by atoms with van der Waals surface area (Å²) in [4.78, 5) is 13.6. The summed E-state index contributed by atoms with van der Waals surface area (Å²) in [5, 5.41) is 6.46. The molecule has 0 bridgehead atoms. The van der Waals surface area contributed by atoms with Crippen molar-refractivity contribution in [3.05, 3.63) is 0 Å². The van der Waals surface area contributed by atoms with E-state index in [0.29, 0.717) is 6.04 Å². The summed E-state index contributed by atoms with van der Waals surface area (Å²) in [5.74, 6) is 1.04. The molecule has 0 saturated carbocycles. The van der Waals surface area contributed by atoms with Crippen molar-refractivity contribution in [2.45, 2.75) is 45.1 Å². The highest BCUT2D eigenvalue weighted by molar-refractivity contribution is 5.73. The van der Waals surface area contributed by atoms with Crippen molar-refractivity contribution in [3.8, 4) is 0 Å². The van der Waals surface area contributed by atoms with Gasteiger partial charge in [-0.3, -0.25) is 4.79 Å². The minimum atomic E-state index is 0.114. The van der Waals surface area contributed by atoms with E-state index < -0.39 is 0 Å². The molecule has 2 saturated heterocycles. The van der Waals surface area contributed by atoms with Crippen LogP contribution in [0.1, 0.15) is 39.0 Å². The van der Waals surface area contributed by atoms with Gasteiger partial charge in [-0.1, -0.05) is 0 Å². The predicted octanol–water partition coefficient (Wildman–Crippen LogP) is 0.977. The Hall–Kier alpha value is -0.610. The number of nitrogens with one attached hydrogen (secondary N) is 2. The van der Waals surface area contributed by atoms with Gasteiger partial charge in [-0.2, -0.15) is 0 Å². The Morgan fingerprint density at radius 1 is 1.22 bits per heavy atom. The van der Waals surface area contributed by atoms with Crippen LogP contribution in [-0.2, 0) is 4.79 Å². The molecular weight excluding hydrogens is 226 g/mol. The number of nitrogens with zero attached hydrogens (tertiary/aromatic N) is 1. The van der Waals surface area contributed by atoms with Crippen molar-refractivity contribution in [2.24, 2.45) is 5.92 Å². The maximum atomic E-state index is 11.0. The third-order valence-corrected chi connectivity index (χ3v) is 4.31. The molecule has 0 aromatic carbocycles. The van der Waals surface area contributed by atoms with Gasteiger partial charge >= 0.3 is 0 Å². The smallest absolute Gasteiger partial charge is 0.217 e. The molecule has 0 aromatic heterocycles. The molecule has 2 heterocycles. The quantitative estimate of drug-likeness (QED) is 0.785. The summed E-state index contributed by atoms with van der Waals surface area (Å²) in [6.07, 6.45) is 6.29. The minimum Gasteiger partial charge on any atom is -0.354 e. The van der Waals surface area contributed by atoms with Gasteiger partial charge in [0.25, 0.3) is 0 Å². The Balaban J connectivity index is 1.59. The van der Waals surface area contributed by atoms with Gasteiger partial charge in [0, 0.05) is 26.1 Å². The number of carbonyl (C=O) groups is 1. The number of amides is 1. The second-order valence-corrected chi connectivity index (χ2v) is 5.80. The Morgan fingerprint density at radius 3 is 2.50 bits per heavy atom. The highest BCUT2D eigenvalue weighted by Gasteiger charge is 2.20. The van der Waals surface area contributed by atoms with E-state index in [1.807, 2.05) is 0 Å². The molecule has 2 rings (SSSR count). The van der Waals surface area contributed by atoms with Crippen molar-refractivity contribution < 1.29 is 4.79 Å². The fourth-order valence-corrected chi connectivity index (χ4v) is 3.12. The second-order valence-electron chi connectivity index (χ2n) is 5.80. The standard InChI is InChI=1S/C14H27N3O/c1-12(18)16-14-5-10-17(11-6-14)9-4-13-2-7-15-8-3-13/h13-15H,2-11H2,1H3,(H,16,18). The summed E-state index contributed by atoms with van der Waals surface area (Å²) >= 11 is 0. The van der Waals surface area contributed by atoms with E-state index in [9.17, 15) is 4.79 Å². The van der Waals surface area contributed by atoms with Crippen LogP contribution in [0.4, 0.5) is 0 Å². The molecule has 0 radical (unpaired) electrons. The van der Waals surface area contributed by atoms with Crippen LogP contribution < -0.4 is 10.6 Å². The number of piperidine rings is 2. The summed E-state index contributed by atoms with van der Waals surface area (Å²) in [6, 6.07) is 0.414. The molecule has 1 amide bonds. The van der Waals surface area contributed by atoms with E-state index in [4.69, 9.17) is 0 Å². The van der Waals surface area contributed by atoms with Crippen LogP contribution in [-0.4, -0.2) is 49.6 Å². The summed E-state index contributed by atoms with van der Waals surface area (Å²) < 4.78 is 0. The lowest BCUT2D eigenvalue weighted by molar-refractivity contribution is -0.119. The number of likely N-dealkylation sites (tertiary alicyclic amines) is 1. The summed E-state index contributed by atoms with van der Waals surface area (Å²) in [7, 11) is 0. The van der Waals surface area contributed by atoms with Gasteiger partial charge in [-0.15, -0.1) is 0 Å². The second kappa shape index (κ2) is 7.10. The zero-order valence-electron chi connectivity index (χ0n) is 11.6. The van der Waals surface area contributed by atoms with E-state index in [2.05, 4.69) is 15.5 Å². The molecule has 0 spiro atoms. The first-order valence-electron chi connectivity index (χ1n) is 7.44. The SMILES string of the molecule is CC(=O)NC1CCN(CCC2CCNCC2)CC1. The molecule has 4 nitrogen and oxygen atoms in total. The zero-order chi connectivity index (χ0) is 12.8. The average Bonchev–Trinajstić information content (AvgIpc) is 2.38. The lowest BCUT2D eigenvalue weighted by Gasteiger charge is -2.33. The van der Waals surface area contributed by atoms with Crippen LogP contribution in [0.3, 0.4) is 0 Å². The van der Waals surface area contributed by atoms with Crippen LogP contribution in [0.5, 0.6) is 0 Å². The van der Waals surface area contributed by atoms with Gasteiger partial charge in [0.05, 0.1) is 0 Å². The molecule has 0 unspecified atom stereocenters. The van der Waals surface area contributed by atoms with Gasteiger partial charge in [-0.05, 0) is 57.7 Å². The van der Waals surface area contributed by atoms with Crippen molar-refractivity contribution in [1.29, 1.82) is 0 Å². The zero-order valence-corrected chi connectivity index (χ0v) is 11.6. The van der Waals surface area contributed by atoms with Crippen LogP contribution in [0, 0.1) is 5.92 Å². The molecule has 2 aliphatic heterocycles. The molecular formula is C14H27N3O. The van der Waals surface area contributed by atoms with Crippen molar-refractivity contribution in [3.63, 3.8) is 0 Å². The topological polar surface area (TPSA) is 44.4 Å². The monoisotopic (exact) mass is 253 g/mol. The van der Waals surface area contributed by atoms with E-state index in [0.717, 1.165) is 31.8 Å². The maximum Gasteiger partial charge on any atom is 0.217 e. The largest absolute Gasteiger partial charge is 0.354 e. The van der Waals surface area contributed by atoms with Crippen LogP contribution in [0.25, 0.3) is 0 Å². The third kappa shape index (κ3) is 4.58. The normalized spacial score (nSPS) is 24.1. The lowest BCUT2D eigenvalue weighted by atomic mass is 9.94. The van der Waals surface area contributed by atoms with Gasteiger partial charge in [0.2, 0.25) is 5.91 Å². The number of hydrogen-bond donors (Lipinski definition) is 2. The maximum absolute atomic E-state index is 11.0. The lowest BCUT2D eigenvalue weighted by Crippen LogP contribution is -2.44. The average molecular weight is 253 g/mol. The number of carbonyl (C=O) groups excluding carboxylic acids is 1. The van der Waals surface area contributed by atoms with E-state index in [1.54, 1.807) is 6.92 Å². The summed E-state index contributed by atoms with van der Waals surface area (Å²) in [6.45, 7) is 7.57. The molecule has 0 atom stereocenters. The Morgan fingerprint density at radius 2 is 1.89 bits per heavy atom. The van der Waals surface area contributed by atoms with Crippen molar-refractivity contribution in [1.82, 2.24) is 15.5 Å². The van der Waals surface area contributed by atoms with Crippen molar-refractivity contribution in [2.75, 3.05) is 32.7 Å². The van der Waals surface area contributed by atoms with Gasteiger partial charge in [0.15, 0.2) is 0 Å². The van der Waals surface area contributed by atoms with Crippen LogP contribution in [0.2, 0.25) is 0 Å². The molecule has 2 fully saturated rings. The van der Waals surface area contributed by atoms with Crippen LogP contribution >= 0.6 is 0 Å². The van der Waals surface area contributed by atoms with Crippen molar-refractivity contribution >= 4 is 5.91 Å². The Kier molecular flexibility index (Phi) is 5.45. The van der Waals surface area contributed by atoms with E-state index >= 15 is 0 Å². The molecule has 18 heavy (non-hydrogen) atoms. The third-order valence-electron chi connectivity index (χ3n) is 4.31. The minimum absolute atomic E-state index is 0.114. The molecule has 2 N–H and O–H groups in total. The fraction of sp³-hybridized carbons (Fsp3) is 0.929. The number of hydrogen-bond acceptors (Lipinski definition) is 3. The Labute approximate surface area is 110 Å². The molecule has 0 aliphatic carbocycles.